The van der Waals surface area contributed by atoms with Gasteiger partial charge >= 0.3 is 6.09 Å². The van der Waals surface area contributed by atoms with E-state index in [0.717, 1.165) is 9.95 Å². The summed E-state index contributed by atoms with van der Waals surface area (Å²) in [6.07, 6.45) is 2.20. The average Bonchev–Trinajstić information content (AvgIpc) is 2.54. The molecule has 0 spiro atoms. The smallest absolute Gasteiger partial charge is 0.407 e. The molecular weight excluding hydrogens is 416 g/mol. The van der Waals surface area contributed by atoms with E-state index in [2.05, 4.69) is 10.6 Å². The van der Waals surface area contributed by atoms with Crippen molar-refractivity contribution in [1.29, 1.82) is 0 Å². The van der Waals surface area contributed by atoms with Crippen LogP contribution in [0.15, 0.2) is 0 Å². The molecule has 28 heavy (non-hydrogen) atoms. The number of hydrogen-bond donors (Lipinski definition) is 2. The first-order chi connectivity index (χ1) is 12.7. The van der Waals surface area contributed by atoms with Gasteiger partial charge in [0, 0.05) is 25.1 Å². The fourth-order valence-corrected chi connectivity index (χ4v) is 4.08. The van der Waals surface area contributed by atoms with Gasteiger partial charge in [0.25, 0.3) is 0 Å². The Bertz CT molecular complexity index is 532. The van der Waals surface area contributed by atoms with E-state index in [1.165, 1.54) is 23.5 Å². The minimum atomic E-state index is -0.587. The molecule has 0 aliphatic heterocycles. The molecule has 0 atom stereocenters. The predicted molar refractivity (Wildman–Crippen MR) is 124 cm³/mol. The lowest BCUT2D eigenvalue weighted by Crippen LogP contribution is -2.41. The van der Waals surface area contributed by atoms with Gasteiger partial charge in [-0.25, -0.2) is 4.79 Å². The minimum Gasteiger partial charge on any atom is -0.444 e. The Hall–Kier alpha value is -0.510. The van der Waals surface area contributed by atoms with E-state index in [4.69, 9.17) is 21.7 Å². The van der Waals surface area contributed by atoms with Crippen molar-refractivity contribution in [3.63, 3.8) is 0 Å². The van der Waals surface area contributed by atoms with Gasteiger partial charge in [-0.05, 0) is 47.3 Å². The Kier molecular flexibility index (Phi) is 12.0. The van der Waals surface area contributed by atoms with Crippen LogP contribution in [0.5, 0.6) is 0 Å². The van der Waals surface area contributed by atoms with Gasteiger partial charge in [0.15, 0.2) is 0 Å². The van der Waals surface area contributed by atoms with Crippen LogP contribution in [-0.2, 0) is 14.3 Å². The lowest BCUT2D eigenvalue weighted by molar-refractivity contribution is -0.122. The zero-order chi connectivity index (χ0) is 22.0. The van der Waals surface area contributed by atoms with E-state index in [1.54, 1.807) is 0 Å². The summed E-state index contributed by atoms with van der Waals surface area (Å²) in [7, 11) is 0. The van der Waals surface area contributed by atoms with Gasteiger partial charge in [0.05, 0.1) is 11.4 Å². The first kappa shape index (κ1) is 27.5. The maximum absolute atomic E-state index is 12.3. The third-order valence-corrected chi connectivity index (χ3v) is 6.10. The summed E-state index contributed by atoms with van der Waals surface area (Å²) in [5.41, 5.74) is -0.727. The molecule has 0 aromatic heterocycles. The molecule has 164 valence electrons. The zero-order valence-electron chi connectivity index (χ0n) is 18.4. The van der Waals surface area contributed by atoms with Crippen LogP contribution in [0, 0.1) is 5.41 Å². The Morgan fingerprint density at radius 3 is 2.18 bits per heavy atom. The summed E-state index contributed by atoms with van der Waals surface area (Å²) in [5.74, 6) is -0.0317. The van der Waals surface area contributed by atoms with Crippen molar-refractivity contribution in [3.8, 4) is 0 Å². The van der Waals surface area contributed by atoms with Crippen LogP contribution < -0.4 is 10.6 Å². The maximum Gasteiger partial charge on any atom is 0.407 e. The first-order valence-corrected chi connectivity index (χ1v) is 11.7. The number of carbonyl (C=O) groups is 2. The van der Waals surface area contributed by atoms with Crippen molar-refractivity contribution < 1.29 is 19.1 Å². The van der Waals surface area contributed by atoms with Gasteiger partial charge in [-0.15, -0.1) is 11.8 Å². The summed E-state index contributed by atoms with van der Waals surface area (Å²) in [4.78, 5) is 24.0. The van der Waals surface area contributed by atoms with Crippen LogP contribution in [0.2, 0.25) is 0 Å². The lowest BCUT2D eigenvalue weighted by Gasteiger charge is -2.26. The molecule has 2 N–H and O–H groups in total. The van der Waals surface area contributed by atoms with E-state index < -0.39 is 16.4 Å². The normalized spacial score (nSPS) is 12.4. The summed E-state index contributed by atoms with van der Waals surface area (Å²) >= 11 is 8.06. The number of rotatable bonds is 10. The minimum absolute atomic E-state index is 0.0317. The van der Waals surface area contributed by atoms with Crippen LogP contribution in [0.1, 0.15) is 54.9 Å². The molecule has 0 saturated carbocycles. The highest BCUT2D eigenvalue weighted by molar-refractivity contribution is 8.47. The number of nitrogens with one attached hydrogen (secondary N) is 2. The van der Waals surface area contributed by atoms with Gasteiger partial charge in [-0.2, -0.15) is 0 Å². The molecule has 0 rings (SSSR count). The summed E-state index contributed by atoms with van der Waals surface area (Å²) in [5, 5.41) is 5.70. The van der Waals surface area contributed by atoms with Gasteiger partial charge in [0.1, 0.15) is 9.13 Å². The maximum atomic E-state index is 12.3. The molecule has 0 aromatic carbocycles. The molecule has 0 aliphatic carbocycles. The third-order valence-electron chi connectivity index (χ3n) is 3.41. The highest BCUT2D eigenvalue weighted by Crippen LogP contribution is 2.30. The molecular formula is C19H36N2O4S3. The average molecular weight is 453 g/mol. The van der Waals surface area contributed by atoms with E-state index in [-0.39, 0.29) is 11.3 Å². The van der Waals surface area contributed by atoms with Gasteiger partial charge in [-0.1, -0.05) is 37.8 Å². The molecule has 6 nitrogen and oxygen atoms in total. The standard InChI is InChI=1S/C19H36N2O4S3/c1-17(2,3)25-15(23)21-12-18(4,5)13-24-11-9-10-20-14(22)19(6,7)28-16(26)27-8/h9-13H2,1-8H3,(H,20,22)(H,21,23). The number of thiocarbonyl (C=S) groups is 1. The molecule has 9 heteroatoms. The van der Waals surface area contributed by atoms with E-state index in [0.29, 0.717) is 26.3 Å². The molecule has 2 amide bonds. The monoisotopic (exact) mass is 452 g/mol. The Morgan fingerprint density at radius 2 is 1.64 bits per heavy atom. The fraction of sp³-hybridized carbons (Fsp3) is 0.842. The van der Waals surface area contributed by atoms with Crippen molar-refractivity contribution in [2.75, 3.05) is 32.6 Å². The molecule has 0 radical (unpaired) electrons. The number of alkyl carbamates (subject to hydrolysis) is 1. The van der Waals surface area contributed by atoms with Crippen LogP contribution in [0.4, 0.5) is 4.79 Å². The second kappa shape index (κ2) is 12.2. The molecule has 0 heterocycles. The van der Waals surface area contributed by atoms with Crippen molar-refractivity contribution >= 4 is 51.3 Å². The molecule has 0 aliphatic rings. The number of carbonyl (C=O) groups excluding carboxylic acids is 2. The summed E-state index contributed by atoms with van der Waals surface area (Å²) in [6.45, 7) is 15.3. The SMILES string of the molecule is CSC(=S)SC(C)(C)C(=O)NCCCOCC(C)(C)CNC(=O)OC(C)(C)C. The van der Waals surface area contributed by atoms with Crippen molar-refractivity contribution in [1.82, 2.24) is 10.6 Å². The Balaban J connectivity index is 4.01. The van der Waals surface area contributed by atoms with Crippen molar-refractivity contribution in [2.45, 2.75) is 65.2 Å². The topological polar surface area (TPSA) is 76.7 Å². The Morgan fingerprint density at radius 1 is 1.04 bits per heavy atom. The zero-order valence-corrected chi connectivity index (χ0v) is 20.8. The van der Waals surface area contributed by atoms with Gasteiger partial charge in [-0.3, -0.25) is 4.79 Å². The second-order valence-electron chi connectivity index (χ2n) is 8.75. The first-order valence-electron chi connectivity index (χ1n) is 9.28. The summed E-state index contributed by atoms with van der Waals surface area (Å²) in [6, 6.07) is 0. The number of hydrogen-bond acceptors (Lipinski definition) is 7. The fourth-order valence-electron chi connectivity index (χ4n) is 1.91. The van der Waals surface area contributed by atoms with Gasteiger partial charge < -0.3 is 20.1 Å². The summed E-state index contributed by atoms with van der Waals surface area (Å²) < 4.78 is 11.1. The predicted octanol–water partition coefficient (Wildman–Crippen LogP) is 4.22. The second-order valence-corrected chi connectivity index (χ2v) is 12.4. The van der Waals surface area contributed by atoms with E-state index >= 15 is 0 Å². The number of amides is 2. The Labute approximate surface area is 184 Å². The van der Waals surface area contributed by atoms with Crippen LogP contribution in [-0.4, -0.2) is 58.4 Å². The van der Waals surface area contributed by atoms with Gasteiger partial charge in [0.2, 0.25) is 5.91 Å². The lowest BCUT2D eigenvalue weighted by atomic mass is 9.95. The van der Waals surface area contributed by atoms with E-state index in [9.17, 15) is 9.59 Å². The van der Waals surface area contributed by atoms with E-state index in [1.807, 2.05) is 54.7 Å². The van der Waals surface area contributed by atoms with Crippen LogP contribution in [0.3, 0.4) is 0 Å². The highest BCUT2D eigenvalue weighted by Gasteiger charge is 2.29. The number of ether oxygens (including phenoxy) is 2. The quantitative estimate of drug-likeness (QED) is 0.380. The molecule has 0 saturated heterocycles. The molecule has 0 fully saturated rings. The van der Waals surface area contributed by atoms with Crippen molar-refractivity contribution in [2.24, 2.45) is 5.41 Å². The van der Waals surface area contributed by atoms with Crippen LogP contribution in [0.25, 0.3) is 0 Å². The van der Waals surface area contributed by atoms with Crippen molar-refractivity contribution in [3.05, 3.63) is 0 Å². The molecule has 0 aromatic rings. The molecule has 0 unspecified atom stereocenters. The highest BCUT2D eigenvalue weighted by atomic mass is 32.2. The number of thioether (sulfide) groups is 2. The largest absolute Gasteiger partial charge is 0.444 e. The molecule has 0 bridgehead atoms. The van der Waals surface area contributed by atoms with Crippen LogP contribution >= 0.6 is 35.7 Å². The third kappa shape index (κ3) is 13.6.